The third-order valence-electron chi connectivity index (χ3n) is 3.40. The van der Waals surface area contributed by atoms with Gasteiger partial charge in [0.15, 0.2) is 0 Å². The Morgan fingerprint density at radius 2 is 1.95 bits per heavy atom. The Kier molecular flexibility index (Phi) is 7.46. The molecule has 0 heterocycles. The van der Waals surface area contributed by atoms with E-state index in [9.17, 15) is 9.59 Å². The van der Waals surface area contributed by atoms with Crippen LogP contribution in [0.4, 0.5) is 0 Å². The van der Waals surface area contributed by atoms with Crippen molar-refractivity contribution in [2.24, 2.45) is 0 Å². The molecule has 0 fully saturated rings. The number of ether oxygens (including phenoxy) is 1. The molecule has 21 heavy (non-hydrogen) atoms. The summed E-state index contributed by atoms with van der Waals surface area (Å²) in [6.07, 6.45) is 0.877. The average Bonchev–Trinajstić information content (AvgIpc) is 2.49. The van der Waals surface area contributed by atoms with E-state index in [0.717, 1.165) is 12.0 Å². The molecular weight excluding hydrogens is 270 g/mol. The van der Waals surface area contributed by atoms with E-state index in [0.29, 0.717) is 6.54 Å². The van der Waals surface area contributed by atoms with Gasteiger partial charge < -0.3 is 9.84 Å². The zero-order chi connectivity index (χ0) is 15.7. The molecule has 1 unspecified atom stereocenters. The second-order valence-corrected chi connectivity index (χ2v) is 5.02. The quantitative estimate of drug-likeness (QED) is 0.708. The lowest BCUT2D eigenvalue weighted by Crippen LogP contribution is -2.39. The van der Waals surface area contributed by atoms with Gasteiger partial charge in [-0.15, -0.1) is 0 Å². The first-order chi connectivity index (χ1) is 10.0. The Balaban J connectivity index is 2.45. The number of carbonyl (C=O) groups is 2. The molecule has 1 N–H and O–H groups in total. The third kappa shape index (κ3) is 6.90. The maximum absolute atomic E-state index is 11.9. The normalized spacial score (nSPS) is 12.1. The van der Waals surface area contributed by atoms with Crippen molar-refractivity contribution in [3.05, 3.63) is 35.9 Å². The van der Waals surface area contributed by atoms with Gasteiger partial charge in [0.25, 0.3) is 0 Å². The number of hydrogen-bond donors (Lipinski definition) is 1. The van der Waals surface area contributed by atoms with Crippen LogP contribution < -0.4 is 0 Å². The Labute approximate surface area is 125 Å². The van der Waals surface area contributed by atoms with Gasteiger partial charge in [0.2, 0.25) is 0 Å². The number of aliphatic carboxylic acids is 1. The molecule has 116 valence electrons. The minimum atomic E-state index is -0.860. The van der Waals surface area contributed by atoms with Gasteiger partial charge in [-0.1, -0.05) is 37.3 Å². The van der Waals surface area contributed by atoms with Gasteiger partial charge >= 0.3 is 11.9 Å². The molecule has 1 aromatic rings. The van der Waals surface area contributed by atoms with Crippen molar-refractivity contribution >= 4 is 11.9 Å². The summed E-state index contributed by atoms with van der Waals surface area (Å²) in [6.45, 7) is 4.70. The number of benzene rings is 1. The molecule has 0 aliphatic heterocycles. The molecule has 0 aliphatic carbocycles. The van der Waals surface area contributed by atoms with Crippen molar-refractivity contribution in [2.45, 2.75) is 39.3 Å². The monoisotopic (exact) mass is 293 g/mol. The van der Waals surface area contributed by atoms with Crippen molar-refractivity contribution in [3.63, 3.8) is 0 Å². The summed E-state index contributed by atoms with van der Waals surface area (Å²) in [5.74, 6) is -1.19. The predicted octanol–water partition coefficient (Wildman–Crippen LogP) is 2.30. The van der Waals surface area contributed by atoms with E-state index in [-0.39, 0.29) is 31.6 Å². The molecule has 0 aromatic heterocycles. The number of esters is 1. The molecule has 0 bridgehead atoms. The lowest BCUT2D eigenvalue weighted by molar-refractivity contribution is -0.147. The van der Waals surface area contributed by atoms with Crippen LogP contribution in [-0.4, -0.2) is 41.1 Å². The van der Waals surface area contributed by atoms with E-state index in [1.807, 2.05) is 49.1 Å². The minimum Gasteiger partial charge on any atom is -0.481 e. The predicted molar refractivity (Wildman–Crippen MR) is 79.8 cm³/mol. The van der Waals surface area contributed by atoms with E-state index in [1.54, 1.807) is 0 Å². The standard InChI is InChI=1S/C16H23NO4/c1-3-13(2)17(10-9-15(18)19)11-16(20)21-12-14-7-5-4-6-8-14/h4-8,13H,3,9-12H2,1-2H3,(H,18,19). The highest BCUT2D eigenvalue weighted by Crippen LogP contribution is 2.06. The highest BCUT2D eigenvalue weighted by Gasteiger charge is 2.17. The van der Waals surface area contributed by atoms with Gasteiger partial charge in [0.1, 0.15) is 6.61 Å². The van der Waals surface area contributed by atoms with E-state index in [4.69, 9.17) is 9.84 Å². The highest BCUT2D eigenvalue weighted by molar-refractivity contribution is 5.72. The van der Waals surface area contributed by atoms with E-state index in [2.05, 4.69) is 0 Å². The van der Waals surface area contributed by atoms with Gasteiger partial charge in [-0.05, 0) is 18.9 Å². The Morgan fingerprint density at radius 3 is 2.52 bits per heavy atom. The zero-order valence-corrected chi connectivity index (χ0v) is 12.6. The van der Waals surface area contributed by atoms with Gasteiger partial charge in [0, 0.05) is 12.6 Å². The highest BCUT2D eigenvalue weighted by atomic mass is 16.5. The SMILES string of the molecule is CCC(C)N(CCC(=O)O)CC(=O)OCc1ccccc1. The number of carboxylic acids is 1. The van der Waals surface area contributed by atoms with Crippen LogP contribution in [0.5, 0.6) is 0 Å². The second-order valence-electron chi connectivity index (χ2n) is 5.02. The first kappa shape index (κ1) is 17.2. The van der Waals surface area contributed by atoms with E-state index in [1.165, 1.54) is 0 Å². The minimum absolute atomic E-state index is 0.0241. The first-order valence-corrected chi connectivity index (χ1v) is 7.18. The van der Waals surface area contributed by atoms with Crippen molar-refractivity contribution in [1.29, 1.82) is 0 Å². The maximum atomic E-state index is 11.9. The maximum Gasteiger partial charge on any atom is 0.320 e. The summed E-state index contributed by atoms with van der Waals surface area (Å²) in [5, 5.41) is 8.76. The number of carbonyl (C=O) groups excluding carboxylic acids is 1. The Bertz CT molecular complexity index is 447. The lowest BCUT2D eigenvalue weighted by atomic mass is 10.2. The van der Waals surface area contributed by atoms with Crippen LogP contribution in [0.1, 0.15) is 32.3 Å². The van der Waals surface area contributed by atoms with Crippen molar-refractivity contribution in [2.75, 3.05) is 13.1 Å². The molecule has 0 radical (unpaired) electrons. The Morgan fingerprint density at radius 1 is 1.29 bits per heavy atom. The molecule has 1 atom stereocenters. The number of rotatable bonds is 9. The summed E-state index contributed by atoms with van der Waals surface area (Å²) >= 11 is 0. The van der Waals surface area contributed by atoms with Crippen LogP contribution in [0.3, 0.4) is 0 Å². The molecule has 5 nitrogen and oxygen atoms in total. The fourth-order valence-electron chi connectivity index (χ4n) is 1.90. The van der Waals surface area contributed by atoms with Crippen LogP contribution in [0.15, 0.2) is 30.3 Å². The van der Waals surface area contributed by atoms with Crippen LogP contribution in [0.2, 0.25) is 0 Å². The largest absolute Gasteiger partial charge is 0.481 e. The molecule has 0 saturated heterocycles. The topological polar surface area (TPSA) is 66.8 Å². The second kappa shape index (κ2) is 9.13. The smallest absolute Gasteiger partial charge is 0.320 e. The van der Waals surface area contributed by atoms with Crippen molar-refractivity contribution in [1.82, 2.24) is 4.90 Å². The molecule has 0 saturated carbocycles. The number of nitrogens with zero attached hydrogens (tertiary/aromatic N) is 1. The van der Waals surface area contributed by atoms with E-state index >= 15 is 0 Å². The summed E-state index contributed by atoms with van der Waals surface area (Å²) in [6, 6.07) is 9.62. The molecule has 0 aliphatic rings. The van der Waals surface area contributed by atoms with Crippen molar-refractivity contribution in [3.8, 4) is 0 Å². The summed E-state index contributed by atoms with van der Waals surface area (Å²) in [7, 11) is 0. The molecule has 0 spiro atoms. The first-order valence-electron chi connectivity index (χ1n) is 7.18. The molecule has 5 heteroatoms. The number of carboxylic acid groups (broad SMARTS) is 1. The van der Waals surface area contributed by atoms with Crippen LogP contribution in [-0.2, 0) is 20.9 Å². The van der Waals surface area contributed by atoms with Crippen molar-refractivity contribution < 1.29 is 19.4 Å². The zero-order valence-electron chi connectivity index (χ0n) is 12.6. The average molecular weight is 293 g/mol. The fraction of sp³-hybridized carbons (Fsp3) is 0.500. The summed E-state index contributed by atoms with van der Waals surface area (Å²) in [5.41, 5.74) is 0.937. The van der Waals surface area contributed by atoms with Crippen LogP contribution in [0, 0.1) is 0 Å². The Hall–Kier alpha value is -1.88. The van der Waals surface area contributed by atoms with Gasteiger partial charge in [0.05, 0.1) is 13.0 Å². The number of hydrogen-bond acceptors (Lipinski definition) is 4. The van der Waals surface area contributed by atoms with E-state index < -0.39 is 5.97 Å². The summed E-state index contributed by atoms with van der Waals surface area (Å²) in [4.78, 5) is 24.4. The molecule has 1 aromatic carbocycles. The summed E-state index contributed by atoms with van der Waals surface area (Å²) < 4.78 is 5.23. The van der Waals surface area contributed by atoms with Gasteiger partial charge in [-0.25, -0.2) is 0 Å². The lowest BCUT2D eigenvalue weighted by Gasteiger charge is -2.26. The van der Waals surface area contributed by atoms with Crippen LogP contribution in [0.25, 0.3) is 0 Å². The van der Waals surface area contributed by atoms with Gasteiger partial charge in [-0.2, -0.15) is 0 Å². The van der Waals surface area contributed by atoms with Crippen LogP contribution >= 0.6 is 0 Å². The molecular formula is C16H23NO4. The molecule has 0 amide bonds. The fourth-order valence-corrected chi connectivity index (χ4v) is 1.90. The molecule has 1 rings (SSSR count). The third-order valence-corrected chi connectivity index (χ3v) is 3.40. The van der Waals surface area contributed by atoms with Gasteiger partial charge in [-0.3, -0.25) is 14.5 Å².